The number of nitrogens with one attached hydrogen (secondary N) is 1. The minimum atomic E-state index is 0.285. The first-order chi connectivity index (χ1) is 10.1. The highest BCUT2D eigenvalue weighted by Gasteiger charge is 2.18. The van der Waals surface area contributed by atoms with Crippen LogP contribution < -0.4 is 10.2 Å². The van der Waals surface area contributed by atoms with E-state index in [1.165, 1.54) is 11.3 Å². The molecule has 0 fully saturated rings. The second-order valence-electron chi connectivity index (χ2n) is 5.23. The van der Waals surface area contributed by atoms with E-state index in [1.807, 2.05) is 13.1 Å². The van der Waals surface area contributed by atoms with Gasteiger partial charge in [-0.05, 0) is 26.5 Å². The van der Waals surface area contributed by atoms with Gasteiger partial charge >= 0.3 is 0 Å². The molecule has 1 rings (SSSR count). The number of methoxy groups -OCH3 is 2. The summed E-state index contributed by atoms with van der Waals surface area (Å²) in [5, 5.41) is 3.38. The number of ether oxygens (including phenoxy) is 2. The molecule has 0 saturated heterocycles. The largest absolute Gasteiger partial charge is 0.383 e. The standard InChI is InChI=1S/C16H29N3O2/c1-6-17-10-15-11-18-13(2)9-16(15)19(7-8-20-4)14(3)12-21-5/h9,11,14,17H,6-8,10,12H2,1-5H3. The summed E-state index contributed by atoms with van der Waals surface area (Å²) in [5.41, 5.74) is 3.45. The number of hydrogen-bond acceptors (Lipinski definition) is 5. The van der Waals surface area contributed by atoms with Gasteiger partial charge in [0, 0.05) is 56.5 Å². The first-order valence-corrected chi connectivity index (χ1v) is 7.54. The van der Waals surface area contributed by atoms with Crippen LogP contribution in [0.3, 0.4) is 0 Å². The summed E-state index contributed by atoms with van der Waals surface area (Å²) in [4.78, 5) is 6.77. The summed E-state index contributed by atoms with van der Waals surface area (Å²) in [5.74, 6) is 0. The molecule has 0 amide bonds. The minimum Gasteiger partial charge on any atom is -0.383 e. The van der Waals surface area contributed by atoms with E-state index in [0.717, 1.165) is 25.3 Å². The van der Waals surface area contributed by atoms with Gasteiger partial charge in [0.05, 0.1) is 13.2 Å². The van der Waals surface area contributed by atoms with E-state index in [0.29, 0.717) is 13.2 Å². The van der Waals surface area contributed by atoms with E-state index in [-0.39, 0.29) is 6.04 Å². The molecule has 0 bridgehead atoms. The Hall–Kier alpha value is -1.17. The van der Waals surface area contributed by atoms with E-state index in [2.05, 4.69) is 35.1 Å². The lowest BCUT2D eigenvalue weighted by Gasteiger charge is -2.32. The highest BCUT2D eigenvalue weighted by Crippen LogP contribution is 2.23. The Morgan fingerprint density at radius 1 is 1.33 bits per heavy atom. The van der Waals surface area contributed by atoms with Crippen molar-refractivity contribution in [3.63, 3.8) is 0 Å². The van der Waals surface area contributed by atoms with Gasteiger partial charge in [-0.3, -0.25) is 4.98 Å². The molecule has 1 heterocycles. The third-order valence-corrected chi connectivity index (χ3v) is 3.45. The third kappa shape index (κ3) is 5.61. The molecule has 0 radical (unpaired) electrons. The predicted molar refractivity (Wildman–Crippen MR) is 86.9 cm³/mol. The van der Waals surface area contributed by atoms with Crippen LogP contribution in [0.4, 0.5) is 5.69 Å². The molecule has 1 aromatic heterocycles. The summed E-state index contributed by atoms with van der Waals surface area (Å²) < 4.78 is 10.6. The van der Waals surface area contributed by atoms with Crippen LogP contribution >= 0.6 is 0 Å². The summed E-state index contributed by atoms with van der Waals surface area (Å²) in [6.45, 7) is 10.3. The number of pyridine rings is 1. The van der Waals surface area contributed by atoms with E-state index in [9.17, 15) is 0 Å². The monoisotopic (exact) mass is 295 g/mol. The number of aromatic nitrogens is 1. The number of anilines is 1. The Morgan fingerprint density at radius 3 is 2.71 bits per heavy atom. The lowest BCUT2D eigenvalue weighted by molar-refractivity contribution is 0.171. The van der Waals surface area contributed by atoms with Crippen molar-refractivity contribution in [1.29, 1.82) is 0 Å². The van der Waals surface area contributed by atoms with Crippen LogP contribution in [0.5, 0.6) is 0 Å². The van der Waals surface area contributed by atoms with Crippen LogP contribution in [-0.2, 0) is 16.0 Å². The molecule has 0 spiro atoms. The first kappa shape index (κ1) is 17.9. The number of aryl methyl sites for hydroxylation is 1. The number of nitrogens with zero attached hydrogens (tertiary/aromatic N) is 2. The van der Waals surface area contributed by atoms with E-state index in [1.54, 1.807) is 14.2 Å². The molecule has 0 aliphatic rings. The van der Waals surface area contributed by atoms with E-state index < -0.39 is 0 Å². The molecular formula is C16H29N3O2. The SMILES string of the molecule is CCNCc1cnc(C)cc1N(CCOC)C(C)COC. The van der Waals surface area contributed by atoms with Crippen LogP contribution in [0.1, 0.15) is 25.1 Å². The predicted octanol–water partition coefficient (Wildman–Crippen LogP) is 1.99. The zero-order valence-electron chi connectivity index (χ0n) is 14.0. The van der Waals surface area contributed by atoms with Gasteiger partial charge < -0.3 is 19.7 Å². The molecule has 120 valence electrons. The fourth-order valence-corrected chi connectivity index (χ4v) is 2.34. The summed E-state index contributed by atoms with van der Waals surface area (Å²) in [6.07, 6.45) is 1.96. The Kier molecular flexibility index (Phi) is 8.27. The van der Waals surface area contributed by atoms with Crippen LogP contribution in [0.2, 0.25) is 0 Å². The molecular weight excluding hydrogens is 266 g/mol. The normalized spacial score (nSPS) is 12.4. The number of rotatable bonds is 10. The van der Waals surface area contributed by atoms with Gasteiger partial charge in [-0.15, -0.1) is 0 Å². The quantitative estimate of drug-likeness (QED) is 0.715. The van der Waals surface area contributed by atoms with Gasteiger partial charge in [-0.2, -0.15) is 0 Å². The van der Waals surface area contributed by atoms with E-state index in [4.69, 9.17) is 9.47 Å². The van der Waals surface area contributed by atoms with Crippen molar-refractivity contribution in [2.45, 2.75) is 33.4 Å². The zero-order valence-corrected chi connectivity index (χ0v) is 14.0. The maximum atomic E-state index is 5.32. The molecule has 5 heteroatoms. The molecule has 1 atom stereocenters. The highest BCUT2D eigenvalue weighted by molar-refractivity contribution is 5.54. The van der Waals surface area contributed by atoms with Crippen molar-refractivity contribution < 1.29 is 9.47 Å². The smallest absolute Gasteiger partial charge is 0.0663 e. The lowest BCUT2D eigenvalue weighted by Crippen LogP contribution is -2.39. The Balaban J connectivity index is 3.04. The Morgan fingerprint density at radius 2 is 2.10 bits per heavy atom. The first-order valence-electron chi connectivity index (χ1n) is 7.54. The van der Waals surface area contributed by atoms with Gasteiger partial charge in [-0.25, -0.2) is 0 Å². The molecule has 21 heavy (non-hydrogen) atoms. The van der Waals surface area contributed by atoms with Crippen LogP contribution in [0.25, 0.3) is 0 Å². The summed E-state index contributed by atoms with van der Waals surface area (Å²) >= 11 is 0. The van der Waals surface area contributed by atoms with Crippen LogP contribution in [0.15, 0.2) is 12.3 Å². The Bertz CT molecular complexity index is 413. The van der Waals surface area contributed by atoms with Crippen LogP contribution in [0, 0.1) is 6.92 Å². The van der Waals surface area contributed by atoms with Gasteiger partial charge in [0.15, 0.2) is 0 Å². The topological polar surface area (TPSA) is 46.6 Å². The van der Waals surface area contributed by atoms with Gasteiger partial charge in [0.1, 0.15) is 0 Å². The zero-order chi connectivity index (χ0) is 15.7. The Labute approximate surface area is 128 Å². The molecule has 0 aliphatic heterocycles. The van der Waals surface area contributed by atoms with Gasteiger partial charge in [0.25, 0.3) is 0 Å². The summed E-state index contributed by atoms with van der Waals surface area (Å²) in [6, 6.07) is 2.43. The van der Waals surface area contributed by atoms with Crippen molar-refractivity contribution >= 4 is 5.69 Å². The average Bonchev–Trinajstić information content (AvgIpc) is 2.47. The van der Waals surface area contributed by atoms with Gasteiger partial charge in [0.2, 0.25) is 0 Å². The van der Waals surface area contributed by atoms with Gasteiger partial charge in [-0.1, -0.05) is 6.92 Å². The highest BCUT2D eigenvalue weighted by atomic mass is 16.5. The molecule has 0 saturated carbocycles. The van der Waals surface area contributed by atoms with Crippen molar-refractivity contribution in [1.82, 2.24) is 10.3 Å². The summed E-state index contributed by atoms with van der Waals surface area (Å²) in [7, 11) is 3.47. The average molecular weight is 295 g/mol. The van der Waals surface area contributed by atoms with Crippen LogP contribution in [-0.4, -0.2) is 51.5 Å². The fraction of sp³-hybridized carbons (Fsp3) is 0.688. The molecule has 1 unspecified atom stereocenters. The van der Waals surface area contributed by atoms with Crippen molar-refractivity contribution in [2.75, 3.05) is 45.4 Å². The molecule has 1 aromatic rings. The number of hydrogen-bond donors (Lipinski definition) is 1. The second-order valence-corrected chi connectivity index (χ2v) is 5.23. The molecule has 5 nitrogen and oxygen atoms in total. The van der Waals surface area contributed by atoms with Crippen molar-refractivity contribution in [2.24, 2.45) is 0 Å². The maximum Gasteiger partial charge on any atom is 0.0663 e. The lowest BCUT2D eigenvalue weighted by atomic mass is 10.1. The molecule has 0 aromatic carbocycles. The molecule has 1 N–H and O–H groups in total. The second kappa shape index (κ2) is 9.71. The fourth-order valence-electron chi connectivity index (χ4n) is 2.34. The van der Waals surface area contributed by atoms with E-state index >= 15 is 0 Å². The maximum absolute atomic E-state index is 5.32. The molecule has 0 aliphatic carbocycles. The minimum absolute atomic E-state index is 0.285. The van der Waals surface area contributed by atoms with Crippen molar-refractivity contribution in [3.8, 4) is 0 Å². The van der Waals surface area contributed by atoms with Crippen molar-refractivity contribution in [3.05, 3.63) is 23.5 Å². The third-order valence-electron chi connectivity index (χ3n) is 3.45.